The Balaban J connectivity index is 3.56. The summed E-state index contributed by atoms with van der Waals surface area (Å²) < 4.78 is 0. The fraction of sp³-hybridized carbons (Fsp3) is 0.533. The van der Waals surface area contributed by atoms with Crippen molar-refractivity contribution in [2.75, 3.05) is 0 Å². The third kappa shape index (κ3) is 3.20. The van der Waals surface area contributed by atoms with Crippen molar-refractivity contribution in [3.8, 4) is 5.75 Å². The third-order valence-electron chi connectivity index (χ3n) is 2.93. The molecule has 1 aromatic rings. The van der Waals surface area contributed by atoms with E-state index < -0.39 is 0 Å². The fourth-order valence-electron chi connectivity index (χ4n) is 1.74. The number of rotatable bonds is 1. The number of phenols is 1. The van der Waals surface area contributed by atoms with Crippen LogP contribution < -0.4 is 0 Å². The van der Waals surface area contributed by atoms with E-state index in [4.69, 9.17) is 0 Å². The van der Waals surface area contributed by atoms with Gasteiger partial charge < -0.3 is 0 Å². The van der Waals surface area contributed by atoms with Gasteiger partial charge in [0, 0.05) is 0 Å². The van der Waals surface area contributed by atoms with Crippen LogP contribution in [0.3, 0.4) is 0 Å². The molecule has 0 aromatic heterocycles. The second-order valence-electron chi connectivity index (χ2n) is 6.57. The van der Waals surface area contributed by atoms with E-state index in [-0.39, 0.29) is 10.8 Å². The number of aromatic hydroxyl groups is 1. The predicted molar refractivity (Wildman–Crippen MR) is 70.7 cm³/mol. The van der Waals surface area contributed by atoms with Gasteiger partial charge in [0.05, 0.1) is 0 Å². The Labute approximate surface area is 113 Å². The van der Waals surface area contributed by atoms with Crippen molar-refractivity contribution < 1.29 is 20.7 Å². The van der Waals surface area contributed by atoms with Gasteiger partial charge >= 0.3 is 113 Å². The third-order valence-corrected chi connectivity index (χ3v) is 3.30. The van der Waals surface area contributed by atoms with Gasteiger partial charge in [-0.25, -0.2) is 0 Å². The minimum atomic E-state index is -0.0594. The zero-order valence-electron chi connectivity index (χ0n) is 11.6. The van der Waals surface area contributed by atoms with E-state index >= 15 is 0 Å². The average Bonchev–Trinajstić information content (AvgIpc) is 2.14. The molecule has 0 aliphatic heterocycles. The van der Waals surface area contributed by atoms with Crippen LogP contribution in [0.15, 0.2) is 12.1 Å². The van der Waals surface area contributed by atoms with E-state index in [1.54, 1.807) is 4.92 Å². The number of hydrogen-bond donors (Lipinski definition) is 1. The first-order valence-corrected chi connectivity index (χ1v) is 6.57. The number of hydrogen-bond acceptors (Lipinski definition) is 1. The normalized spacial score (nSPS) is 12.6. The molecule has 1 N–H and O–H groups in total. The van der Waals surface area contributed by atoms with E-state index in [0.717, 1.165) is 11.1 Å². The number of benzene rings is 1. The molecule has 0 radical (unpaired) electrons. The molecule has 2 heteroatoms. The van der Waals surface area contributed by atoms with E-state index in [1.807, 2.05) is 6.07 Å². The molecule has 1 nitrogen and oxygen atoms in total. The molecule has 0 aliphatic carbocycles. The summed E-state index contributed by atoms with van der Waals surface area (Å²) >= 11 is 3.33. The van der Waals surface area contributed by atoms with Crippen LogP contribution in [0.2, 0.25) is 0 Å². The molecule has 1 rings (SSSR count). The molecule has 0 spiro atoms. The van der Waals surface area contributed by atoms with Gasteiger partial charge in [-0.05, 0) is 0 Å². The van der Waals surface area contributed by atoms with E-state index in [1.165, 1.54) is 5.56 Å². The van der Waals surface area contributed by atoms with Gasteiger partial charge in [0.2, 0.25) is 0 Å². The maximum absolute atomic E-state index is 10.3. The van der Waals surface area contributed by atoms with Crippen molar-refractivity contribution in [3.05, 3.63) is 28.8 Å². The Morgan fingerprint density at radius 2 is 1.53 bits per heavy atom. The van der Waals surface area contributed by atoms with Gasteiger partial charge in [0.15, 0.2) is 0 Å². The fourth-order valence-corrected chi connectivity index (χ4v) is 2.00. The molecular weight excluding hydrogens is 251 g/mol. The molecular formula is C15H22MnO. The molecule has 95 valence electrons. The Bertz CT molecular complexity index is 433. The van der Waals surface area contributed by atoms with Crippen molar-refractivity contribution >= 4 is 4.92 Å². The molecule has 0 atom stereocenters. The Kier molecular flexibility index (Phi) is 3.90. The summed E-state index contributed by atoms with van der Waals surface area (Å²) in [4.78, 5) is 1.78. The van der Waals surface area contributed by atoms with E-state index in [2.05, 4.69) is 63.2 Å². The van der Waals surface area contributed by atoms with Crippen LogP contribution in [0.25, 0.3) is 0 Å². The van der Waals surface area contributed by atoms with Gasteiger partial charge in [0.25, 0.3) is 0 Å². The minimum absolute atomic E-state index is 0.0594. The Hall–Kier alpha value is -0.591. The summed E-state index contributed by atoms with van der Waals surface area (Å²) in [6.45, 7) is 12.9. The van der Waals surface area contributed by atoms with E-state index in [9.17, 15) is 5.11 Å². The quantitative estimate of drug-likeness (QED) is 0.774. The standard InChI is InChI=1S/C15H22O.Mn/c1-10-8-11(14(2,3)4)9-12(13(10)16)15(5,6)7;/h1,8-9,16H,2-7H3;. The van der Waals surface area contributed by atoms with Crippen molar-refractivity contribution in [1.82, 2.24) is 0 Å². The second-order valence-corrected chi connectivity index (χ2v) is 6.91. The van der Waals surface area contributed by atoms with Crippen LogP contribution in [-0.2, 0) is 26.4 Å². The SMILES string of the molecule is CC(C)(C)c1cc([CH]=[Mn])c(O)c(C(C)(C)C)c1. The van der Waals surface area contributed by atoms with Crippen LogP contribution in [0.4, 0.5) is 0 Å². The number of phenolic OH excluding ortho intramolecular Hbond substituents is 1. The van der Waals surface area contributed by atoms with Crippen molar-refractivity contribution in [2.24, 2.45) is 0 Å². The monoisotopic (exact) mass is 273 g/mol. The van der Waals surface area contributed by atoms with Crippen LogP contribution in [0.5, 0.6) is 5.75 Å². The molecule has 1 aromatic carbocycles. The topological polar surface area (TPSA) is 20.2 Å². The van der Waals surface area contributed by atoms with Gasteiger partial charge in [0.1, 0.15) is 0 Å². The van der Waals surface area contributed by atoms with Gasteiger partial charge in [-0.1, -0.05) is 0 Å². The summed E-state index contributed by atoms with van der Waals surface area (Å²) in [6.07, 6.45) is 0. The van der Waals surface area contributed by atoms with Crippen LogP contribution in [0.1, 0.15) is 58.2 Å². The van der Waals surface area contributed by atoms with Crippen LogP contribution in [0, 0.1) is 0 Å². The van der Waals surface area contributed by atoms with Crippen LogP contribution >= 0.6 is 0 Å². The second kappa shape index (κ2) is 4.59. The van der Waals surface area contributed by atoms with Crippen LogP contribution in [-0.4, -0.2) is 10.0 Å². The molecule has 0 amide bonds. The summed E-state index contributed by atoms with van der Waals surface area (Å²) in [6, 6.07) is 4.16. The summed E-state index contributed by atoms with van der Waals surface area (Å²) in [7, 11) is 0. The first-order chi connectivity index (χ1) is 7.57. The van der Waals surface area contributed by atoms with Crippen molar-refractivity contribution in [2.45, 2.75) is 52.4 Å². The average molecular weight is 273 g/mol. The predicted octanol–water partition coefficient (Wildman–Crippen LogP) is 3.68. The van der Waals surface area contributed by atoms with E-state index in [0.29, 0.717) is 5.75 Å². The van der Waals surface area contributed by atoms with Gasteiger partial charge in [-0.3, -0.25) is 0 Å². The Morgan fingerprint density at radius 3 is 1.88 bits per heavy atom. The molecule has 0 saturated carbocycles. The summed E-state index contributed by atoms with van der Waals surface area (Å²) in [5, 5.41) is 10.3. The molecule has 0 saturated heterocycles. The summed E-state index contributed by atoms with van der Waals surface area (Å²) in [5.41, 5.74) is 3.11. The first kappa shape index (κ1) is 14.5. The van der Waals surface area contributed by atoms with Crippen molar-refractivity contribution in [1.29, 1.82) is 0 Å². The molecule has 0 aliphatic rings. The van der Waals surface area contributed by atoms with Crippen molar-refractivity contribution in [3.63, 3.8) is 0 Å². The molecule has 0 heterocycles. The zero-order valence-corrected chi connectivity index (χ0v) is 12.7. The molecule has 0 unspecified atom stereocenters. The zero-order chi connectivity index (χ0) is 13.4. The molecule has 17 heavy (non-hydrogen) atoms. The molecule has 0 bridgehead atoms. The Morgan fingerprint density at radius 1 is 1.00 bits per heavy atom. The maximum atomic E-state index is 10.3. The van der Waals surface area contributed by atoms with Gasteiger partial charge in [-0.15, -0.1) is 0 Å². The van der Waals surface area contributed by atoms with Gasteiger partial charge in [-0.2, -0.15) is 0 Å². The first-order valence-electron chi connectivity index (χ1n) is 5.89. The summed E-state index contributed by atoms with van der Waals surface area (Å²) in [5.74, 6) is 0.377. The molecule has 0 fully saturated rings.